The summed E-state index contributed by atoms with van der Waals surface area (Å²) in [5.74, 6) is 1.06. The van der Waals surface area contributed by atoms with Crippen LogP contribution in [0.3, 0.4) is 0 Å². The van der Waals surface area contributed by atoms with Gasteiger partial charge in [0, 0.05) is 0 Å². The molecule has 150 valence electrons. The number of anilines is 1. The number of benzene rings is 3. The first-order valence-corrected chi connectivity index (χ1v) is 8.77. The van der Waals surface area contributed by atoms with Crippen molar-refractivity contribution in [2.24, 2.45) is 5.10 Å². The topological polar surface area (TPSA) is 42.8 Å². The van der Waals surface area contributed by atoms with E-state index in [1.54, 1.807) is 18.2 Å². The Morgan fingerprint density at radius 3 is 2.38 bits per heavy atom. The lowest BCUT2D eigenvalue weighted by Crippen LogP contribution is -2.08. The minimum atomic E-state index is -4.46. The highest BCUT2D eigenvalue weighted by Crippen LogP contribution is 2.34. The van der Waals surface area contributed by atoms with Gasteiger partial charge in [0.1, 0.15) is 6.61 Å². The molecule has 4 nitrogen and oxygen atoms in total. The predicted octanol–water partition coefficient (Wildman–Crippen LogP) is 5.74. The zero-order chi connectivity index (χ0) is 20.7. The molecule has 0 heterocycles. The molecule has 0 aliphatic heterocycles. The number of ether oxygens (including phenoxy) is 2. The molecule has 29 heavy (non-hydrogen) atoms. The van der Waals surface area contributed by atoms with Crippen LogP contribution in [0.1, 0.15) is 16.7 Å². The molecule has 0 amide bonds. The molecule has 0 bridgehead atoms. The molecular formula is C22H19F3N2O2. The average molecular weight is 400 g/mol. The Morgan fingerprint density at radius 2 is 1.66 bits per heavy atom. The van der Waals surface area contributed by atoms with Crippen LogP contribution in [-0.4, -0.2) is 13.3 Å². The number of nitrogens with one attached hydrogen (secondary N) is 1. The molecule has 0 fully saturated rings. The fourth-order valence-corrected chi connectivity index (χ4v) is 2.62. The van der Waals surface area contributed by atoms with E-state index in [2.05, 4.69) is 10.5 Å². The third-order valence-electron chi connectivity index (χ3n) is 4.06. The zero-order valence-corrected chi connectivity index (χ0v) is 15.6. The van der Waals surface area contributed by atoms with Gasteiger partial charge >= 0.3 is 6.18 Å². The maximum atomic E-state index is 13.0. The van der Waals surface area contributed by atoms with Crippen molar-refractivity contribution in [2.75, 3.05) is 12.5 Å². The molecule has 0 spiro atoms. The zero-order valence-electron chi connectivity index (χ0n) is 15.6. The van der Waals surface area contributed by atoms with Gasteiger partial charge in [0.25, 0.3) is 0 Å². The van der Waals surface area contributed by atoms with Crippen LogP contribution < -0.4 is 14.9 Å². The predicted molar refractivity (Wildman–Crippen MR) is 106 cm³/mol. The number of alkyl halides is 3. The molecule has 3 rings (SSSR count). The minimum Gasteiger partial charge on any atom is -0.493 e. The van der Waals surface area contributed by atoms with Crippen molar-refractivity contribution in [3.05, 3.63) is 89.5 Å². The second kappa shape index (κ2) is 9.14. The highest BCUT2D eigenvalue weighted by Gasteiger charge is 2.33. The van der Waals surface area contributed by atoms with Gasteiger partial charge in [0.15, 0.2) is 11.5 Å². The SMILES string of the molecule is COc1cc(C=NNc2ccccc2C(F)(F)F)ccc1OCc1ccccc1. The first kappa shape index (κ1) is 20.3. The first-order chi connectivity index (χ1) is 14.0. The van der Waals surface area contributed by atoms with Crippen molar-refractivity contribution >= 4 is 11.9 Å². The summed E-state index contributed by atoms with van der Waals surface area (Å²) in [5.41, 5.74) is 3.21. The highest BCUT2D eigenvalue weighted by atomic mass is 19.4. The summed E-state index contributed by atoms with van der Waals surface area (Å²) in [4.78, 5) is 0. The molecular weight excluding hydrogens is 381 g/mol. The van der Waals surface area contributed by atoms with Gasteiger partial charge in [-0.25, -0.2) is 0 Å². The third kappa shape index (κ3) is 5.51. The van der Waals surface area contributed by atoms with E-state index in [4.69, 9.17) is 9.47 Å². The van der Waals surface area contributed by atoms with E-state index in [0.717, 1.165) is 11.6 Å². The molecule has 1 N–H and O–H groups in total. The minimum absolute atomic E-state index is 0.119. The molecule has 0 unspecified atom stereocenters. The Bertz CT molecular complexity index is 973. The van der Waals surface area contributed by atoms with Gasteiger partial charge in [-0.3, -0.25) is 5.43 Å². The average Bonchev–Trinajstić information content (AvgIpc) is 2.73. The molecule has 0 aromatic heterocycles. The normalized spacial score (nSPS) is 11.4. The van der Waals surface area contributed by atoms with Gasteiger partial charge in [0.2, 0.25) is 0 Å². The summed E-state index contributed by atoms with van der Waals surface area (Å²) in [7, 11) is 1.52. The lowest BCUT2D eigenvalue weighted by molar-refractivity contribution is -0.136. The lowest BCUT2D eigenvalue weighted by Gasteiger charge is -2.12. The van der Waals surface area contributed by atoms with Crippen LogP contribution in [0, 0.1) is 0 Å². The van der Waals surface area contributed by atoms with E-state index in [-0.39, 0.29) is 5.69 Å². The number of methoxy groups -OCH3 is 1. The number of halogens is 3. The summed E-state index contributed by atoms with van der Waals surface area (Å²) < 4.78 is 50.2. The maximum Gasteiger partial charge on any atom is 0.418 e. The van der Waals surface area contributed by atoms with Gasteiger partial charge in [-0.1, -0.05) is 42.5 Å². The second-order valence-corrected chi connectivity index (χ2v) is 6.10. The van der Waals surface area contributed by atoms with Crippen molar-refractivity contribution in [1.82, 2.24) is 0 Å². The van der Waals surface area contributed by atoms with E-state index in [0.29, 0.717) is 23.7 Å². The lowest BCUT2D eigenvalue weighted by atomic mass is 10.2. The molecule has 7 heteroatoms. The van der Waals surface area contributed by atoms with E-state index >= 15 is 0 Å². The second-order valence-electron chi connectivity index (χ2n) is 6.10. The van der Waals surface area contributed by atoms with Crippen LogP contribution in [0.25, 0.3) is 0 Å². The van der Waals surface area contributed by atoms with Crippen LogP contribution in [0.5, 0.6) is 11.5 Å². The van der Waals surface area contributed by atoms with Gasteiger partial charge in [-0.2, -0.15) is 18.3 Å². The number of hydrogen-bond acceptors (Lipinski definition) is 4. The van der Waals surface area contributed by atoms with E-state index in [9.17, 15) is 13.2 Å². The summed E-state index contributed by atoms with van der Waals surface area (Å²) in [6.07, 6.45) is -3.04. The number of hydrazone groups is 1. The Morgan fingerprint density at radius 1 is 0.931 bits per heavy atom. The van der Waals surface area contributed by atoms with Gasteiger partial charge < -0.3 is 9.47 Å². The Kier molecular flexibility index (Phi) is 6.39. The molecule has 0 saturated carbocycles. The Hall–Kier alpha value is -3.48. The summed E-state index contributed by atoms with van der Waals surface area (Å²) in [6, 6.07) is 20.0. The van der Waals surface area contributed by atoms with Crippen molar-refractivity contribution in [1.29, 1.82) is 0 Å². The van der Waals surface area contributed by atoms with Gasteiger partial charge in [0.05, 0.1) is 24.6 Å². The molecule has 3 aromatic carbocycles. The fraction of sp³-hybridized carbons (Fsp3) is 0.136. The molecule has 0 radical (unpaired) electrons. The van der Waals surface area contributed by atoms with Crippen LogP contribution in [0.15, 0.2) is 77.9 Å². The monoisotopic (exact) mass is 400 g/mol. The van der Waals surface area contributed by atoms with Crippen LogP contribution >= 0.6 is 0 Å². The number of para-hydroxylation sites is 1. The van der Waals surface area contributed by atoms with E-state index in [1.165, 1.54) is 31.5 Å². The molecule has 0 atom stereocenters. The van der Waals surface area contributed by atoms with E-state index in [1.807, 2.05) is 30.3 Å². The third-order valence-corrected chi connectivity index (χ3v) is 4.06. The van der Waals surface area contributed by atoms with Crippen molar-refractivity contribution in [2.45, 2.75) is 12.8 Å². The number of hydrogen-bond donors (Lipinski definition) is 1. The Balaban J connectivity index is 1.69. The van der Waals surface area contributed by atoms with Crippen LogP contribution in [0.2, 0.25) is 0 Å². The summed E-state index contributed by atoms with van der Waals surface area (Å²) in [5, 5.41) is 3.91. The van der Waals surface area contributed by atoms with Crippen molar-refractivity contribution in [3.8, 4) is 11.5 Å². The quantitative estimate of drug-likeness (QED) is 0.406. The molecule has 0 aliphatic rings. The van der Waals surface area contributed by atoms with Gasteiger partial charge in [-0.05, 0) is 41.5 Å². The van der Waals surface area contributed by atoms with Crippen molar-refractivity contribution in [3.63, 3.8) is 0 Å². The number of rotatable bonds is 7. The fourth-order valence-electron chi connectivity index (χ4n) is 2.62. The molecule has 0 saturated heterocycles. The molecule has 3 aromatic rings. The summed E-state index contributed by atoms with van der Waals surface area (Å²) >= 11 is 0. The standard InChI is InChI=1S/C22H19F3N2O2/c1-28-21-13-17(11-12-20(21)29-15-16-7-3-2-4-8-16)14-26-27-19-10-6-5-9-18(19)22(23,24)25/h2-14,27H,15H2,1H3. The highest BCUT2D eigenvalue weighted by molar-refractivity contribution is 5.81. The van der Waals surface area contributed by atoms with Crippen LogP contribution in [0.4, 0.5) is 18.9 Å². The smallest absolute Gasteiger partial charge is 0.418 e. The first-order valence-electron chi connectivity index (χ1n) is 8.77. The van der Waals surface area contributed by atoms with Gasteiger partial charge in [-0.15, -0.1) is 0 Å². The largest absolute Gasteiger partial charge is 0.493 e. The maximum absolute atomic E-state index is 13.0. The molecule has 0 aliphatic carbocycles. The summed E-state index contributed by atoms with van der Waals surface area (Å²) in [6.45, 7) is 0.389. The van der Waals surface area contributed by atoms with E-state index < -0.39 is 11.7 Å². The Labute approximate surface area is 166 Å². The van der Waals surface area contributed by atoms with Crippen LogP contribution in [-0.2, 0) is 12.8 Å². The van der Waals surface area contributed by atoms with Crippen molar-refractivity contribution < 1.29 is 22.6 Å². The number of nitrogens with zero attached hydrogens (tertiary/aromatic N) is 1.